The molecule has 0 unspecified atom stereocenters. The van der Waals surface area contributed by atoms with Crippen molar-refractivity contribution in [2.24, 2.45) is 0 Å². The SMILES string of the molecule is CCOc1cc2c(cc1OC)CCN(C(C)=O)C2. The third-order valence-corrected chi connectivity index (χ3v) is 3.24. The molecule has 0 saturated heterocycles. The van der Waals surface area contributed by atoms with Gasteiger partial charge in [-0.1, -0.05) is 0 Å². The van der Waals surface area contributed by atoms with Crippen LogP contribution in [-0.4, -0.2) is 31.1 Å². The molecule has 0 aromatic heterocycles. The zero-order valence-corrected chi connectivity index (χ0v) is 11.2. The van der Waals surface area contributed by atoms with Gasteiger partial charge >= 0.3 is 0 Å². The van der Waals surface area contributed by atoms with E-state index in [1.165, 1.54) is 5.56 Å². The van der Waals surface area contributed by atoms with Crippen LogP contribution in [0.1, 0.15) is 25.0 Å². The van der Waals surface area contributed by atoms with Crippen LogP contribution in [0.25, 0.3) is 0 Å². The molecule has 1 aliphatic heterocycles. The average molecular weight is 249 g/mol. The van der Waals surface area contributed by atoms with Crippen molar-refractivity contribution >= 4 is 5.91 Å². The zero-order valence-electron chi connectivity index (χ0n) is 11.2. The molecule has 0 aliphatic carbocycles. The number of carbonyl (C=O) groups is 1. The van der Waals surface area contributed by atoms with Crippen molar-refractivity contribution < 1.29 is 14.3 Å². The van der Waals surface area contributed by atoms with Gasteiger partial charge < -0.3 is 14.4 Å². The Balaban J connectivity index is 2.32. The molecule has 0 bridgehead atoms. The second-order valence-electron chi connectivity index (χ2n) is 4.40. The molecule has 4 nitrogen and oxygen atoms in total. The summed E-state index contributed by atoms with van der Waals surface area (Å²) in [7, 11) is 1.65. The van der Waals surface area contributed by atoms with Crippen molar-refractivity contribution in [2.45, 2.75) is 26.8 Å². The number of ether oxygens (including phenoxy) is 2. The lowest BCUT2D eigenvalue weighted by Crippen LogP contribution is -2.34. The van der Waals surface area contributed by atoms with Crippen molar-refractivity contribution in [3.63, 3.8) is 0 Å². The van der Waals surface area contributed by atoms with E-state index in [1.54, 1.807) is 14.0 Å². The maximum absolute atomic E-state index is 11.4. The number of carbonyl (C=O) groups excluding carboxylic acids is 1. The van der Waals surface area contributed by atoms with E-state index in [1.807, 2.05) is 24.0 Å². The lowest BCUT2D eigenvalue weighted by atomic mass is 9.99. The Morgan fingerprint density at radius 3 is 2.67 bits per heavy atom. The van der Waals surface area contributed by atoms with E-state index < -0.39 is 0 Å². The van der Waals surface area contributed by atoms with Crippen molar-refractivity contribution in [3.8, 4) is 11.5 Å². The predicted octanol–water partition coefficient (Wildman–Crippen LogP) is 2.00. The predicted molar refractivity (Wildman–Crippen MR) is 69.0 cm³/mol. The Labute approximate surface area is 107 Å². The number of benzene rings is 1. The van der Waals surface area contributed by atoms with Gasteiger partial charge in [0.2, 0.25) is 5.91 Å². The number of methoxy groups -OCH3 is 1. The molecule has 1 amide bonds. The molecule has 0 spiro atoms. The van der Waals surface area contributed by atoms with Crippen LogP contribution in [0.3, 0.4) is 0 Å². The number of nitrogens with zero attached hydrogens (tertiary/aromatic N) is 1. The fourth-order valence-electron chi connectivity index (χ4n) is 2.26. The van der Waals surface area contributed by atoms with Gasteiger partial charge in [-0.3, -0.25) is 4.79 Å². The Bertz CT molecular complexity index is 457. The highest BCUT2D eigenvalue weighted by Crippen LogP contribution is 2.33. The van der Waals surface area contributed by atoms with E-state index in [-0.39, 0.29) is 5.91 Å². The van der Waals surface area contributed by atoms with E-state index in [0.717, 1.165) is 30.0 Å². The smallest absolute Gasteiger partial charge is 0.219 e. The minimum Gasteiger partial charge on any atom is -0.493 e. The summed E-state index contributed by atoms with van der Waals surface area (Å²) in [4.78, 5) is 13.3. The molecule has 0 N–H and O–H groups in total. The van der Waals surface area contributed by atoms with Crippen molar-refractivity contribution in [1.29, 1.82) is 0 Å². The molecule has 0 radical (unpaired) electrons. The van der Waals surface area contributed by atoms with Crippen molar-refractivity contribution in [1.82, 2.24) is 4.90 Å². The van der Waals surface area contributed by atoms with Gasteiger partial charge in [0.05, 0.1) is 13.7 Å². The first-order valence-electron chi connectivity index (χ1n) is 6.23. The maximum Gasteiger partial charge on any atom is 0.219 e. The molecule has 1 aliphatic rings. The standard InChI is InChI=1S/C14H19NO3/c1-4-18-14-8-12-9-15(10(2)16)6-5-11(12)7-13(14)17-3/h7-8H,4-6,9H2,1-3H3. The average Bonchev–Trinajstić information content (AvgIpc) is 2.37. The molecule has 1 aromatic rings. The molecule has 2 rings (SSSR count). The molecule has 1 aromatic carbocycles. The first-order chi connectivity index (χ1) is 8.65. The van der Waals surface area contributed by atoms with Crippen LogP contribution in [0.4, 0.5) is 0 Å². The Kier molecular flexibility index (Phi) is 3.75. The van der Waals surface area contributed by atoms with Gasteiger partial charge in [0.25, 0.3) is 0 Å². The van der Waals surface area contributed by atoms with E-state index in [0.29, 0.717) is 13.2 Å². The van der Waals surface area contributed by atoms with Crippen molar-refractivity contribution in [3.05, 3.63) is 23.3 Å². The second kappa shape index (κ2) is 5.29. The Morgan fingerprint density at radius 2 is 2.06 bits per heavy atom. The highest BCUT2D eigenvalue weighted by atomic mass is 16.5. The Morgan fingerprint density at radius 1 is 1.33 bits per heavy atom. The van der Waals surface area contributed by atoms with Crippen LogP contribution < -0.4 is 9.47 Å². The normalized spacial score (nSPS) is 14.1. The fourth-order valence-corrected chi connectivity index (χ4v) is 2.26. The van der Waals surface area contributed by atoms with E-state index in [2.05, 4.69) is 0 Å². The molecular formula is C14H19NO3. The van der Waals surface area contributed by atoms with Crippen LogP contribution in [-0.2, 0) is 17.8 Å². The number of hydrogen-bond acceptors (Lipinski definition) is 3. The number of amides is 1. The van der Waals surface area contributed by atoms with Crippen molar-refractivity contribution in [2.75, 3.05) is 20.3 Å². The highest BCUT2D eigenvalue weighted by molar-refractivity contribution is 5.73. The van der Waals surface area contributed by atoms with Gasteiger partial charge in [-0.2, -0.15) is 0 Å². The van der Waals surface area contributed by atoms with Gasteiger partial charge in [-0.05, 0) is 36.6 Å². The highest BCUT2D eigenvalue weighted by Gasteiger charge is 2.20. The second-order valence-corrected chi connectivity index (χ2v) is 4.40. The maximum atomic E-state index is 11.4. The molecule has 1 heterocycles. The van der Waals surface area contributed by atoms with Crippen LogP contribution in [0.2, 0.25) is 0 Å². The number of hydrogen-bond donors (Lipinski definition) is 0. The van der Waals surface area contributed by atoms with Crippen LogP contribution in [0.5, 0.6) is 11.5 Å². The van der Waals surface area contributed by atoms with Gasteiger partial charge in [0, 0.05) is 20.0 Å². The van der Waals surface area contributed by atoms with Gasteiger partial charge in [0.1, 0.15) is 0 Å². The lowest BCUT2D eigenvalue weighted by Gasteiger charge is -2.28. The summed E-state index contributed by atoms with van der Waals surface area (Å²) in [6, 6.07) is 4.02. The monoisotopic (exact) mass is 249 g/mol. The summed E-state index contributed by atoms with van der Waals surface area (Å²) in [6.07, 6.45) is 0.873. The van der Waals surface area contributed by atoms with E-state index in [4.69, 9.17) is 9.47 Å². The summed E-state index contributed by atoms with van der Waals surface area (Å²) < 4.78 is 10.9. The summed E-state index contributed by atoms with van der Waals surface area (Å²) >= 11 is 0. The van der Waals surface area contributed by atoms with Gasteiger partial charge in [-0.25, -0.2) is 0 Å². The van der Waals surface area contributed by atoms with Crippen LogP contribution in [0.15, 0.2) is 12.1 Å². The summed E-state index contributed by atoms with van der Waals surface area (Å²) in [6.45, 7) is 5.60. The minimum absolute atomic E-state index is 0.120. The van der Waals surface area contributed by atoms with Crippen LogP contribution in [0, 0.1) is 0 Å². The van der Waals surface area contributed by atoms with E-state index in [9.17, 15) is 4.79 Å². The summed E-state index contributed by atoms with van der Waals surface area (Å²) in [5.74, 6) is 1.64. The molecule has 18 heavy (non-hydrogen) atoms. The first-order valence-corrected chi connectivity index (χ1v) is 6.23. The molecule has 0 fully saturated rings. The number of rotatable bonds is 3. The van der Waals surface area contributed by atoms with Gasteiger partial charge in [-0.15, -0.1) is 0 Å². The first kappa shape index (κ1) is 12.7. The topological polar surface area (TPSA) is 38.8 Å². The largest absolute Gasteiger partial charge is 0.493 e. The molecular weight excluding hydrogens is 230 g/mol. The third-order valence-electron chi connectivity index (χ3n) is 3.24. The molecule has 0 saturated carbocycles. The molecule has 4 heteroatoms. The zero-order chi connectivity index (χ0) is 13.1. The lowest BCUT2D eigenvalue weighted by molar-refractivity contribution is -0.129. The van der Waals surface area contributed by atoms with Gasteiger partial charge in [0.15, 0.2) is 11.5 Å². The minimum atomic E-state index is 0.120. The quantitative estimate of drug-likeness (QED) is 0.822. The Hall–Kier alpha value is -1.71. The molecule has 0 atom stereocenters. The summed E-state index contributed by atoms with van der Waals surface area (Å²) in [5.41, 5.74) is 2.40. The van der Waals surface area contributed by atoms with Crippen LogP contribution >= 0.6 is 0 Å². The summed E-state index contributed by atoms with van der Waals surface area (Å²) in [5, 5.41) is 0. The molecule has 98 valence electrons. The number of fused-ring (bicyclic) bond motifs is 1. The van der Waals surface area contributed by atoms with E-state index >= 15 is 0 Å². The third kappa shape index (κ3) is 2.42. The fraction of sp³-hybridized carbons (Fsp3) is 0.500.